The summed E-state index contributed by atoms with van der Waals surface area (Å²) < 4.78 is 3.18. The van der Waals surface area contributed by atoms with Gasteiger partial charge in [0.25, 0.3) is 0 Å². The van der Waals surface area contributed by atoms with E-state index in [2.05, 4.69) is 45.0 Å². The molecule has 2 heterocycles. The van der Waals surface area contributed by atoms with Crippen LogP contribution in [-0.2, 0) is 13.6 Å². The highest BCUT2D eigenvalue weighted by atomic mass is 79.9. The van der Waals surface area contributed by atoms with Crippen LogP contribution < -0.4 is 5.73 Å². The number of hydrogen-bond acceptors (Lipinski definition) is 4. The van der Waals surface area contributed by atoms with E-state index >= 15 is 0 Å². The van der Waals surface area contributed by atoms with Crippen LogP contribution in [-0.4, -0.2) is 28.0 Å². The van der Waals surface area contributed by atoms with Crippen molar-refractivity contribution >= 4 is 27.3 Å². The predicted octanol–water partition coefficient (Wildman–Crippen LogP) is 2.38. The van der Waals surface area contributed by atoms with Crippen molar-refractivity contribution in [3.63, 3.8) is 0 Å². The Hall–Kier alpha value is -0.690. The Morgan fingerprint density at radius 2 is 2.33 bits per heavy atom. The number of nitrogens with two attached hydrogens (primary N) is 1. The highest BCUT2D eigenvalue weighted by molar-refractivity contribution is 9.11. The number of imidazole rings is 1. The molecule has 6 heteroatoms. The van der Waals surface area contributed by atoms with Gasteiger partial charge in [-0.25, -0.2) is 4.98 Å². The number of rotatable bonds is 5. The molecule has 0 bridgehead atoms. The van der Waals surface area contributed by atoms with E-state index < -0.39 is 0 Å². The van der Waals surface area contributed by atoms with E-state index in [1.54, 1.807) is 11.3 Å². The molecule has 2 N–H and O–H groups in total. The molecule has 2 rings (SSSR count). The van der Waals surface area contributed by atoms with Gasteiger partial charge in [0.05, 0.1) is 16.4 Å². The fourth-order valence-electron chi connectivity index (χ4n) is 1.90. The average molecular weight is 329 g/mol. The summed E-state index contributed by atoms with van der Waals surface area (Å²) in [4.78, 5) is 7.86. The van der Waals surface area contributed by atoms with Crippen LogP contribution in [0, 0.1) is 0 Å². The molecule has 0 aliphatic rings. The van der Waals surface area contributed by atoms with E-state index in [-0.39, 0.29) is 6.04 Å². The molecule has 4 nitrogen and oxygen atoms in total. The summed E-state index contributed by atoms with van der Waals surface area (Å²) in [6.07, 6.45) is 3.78. The second-order valence-corrected chi connectivity index (χ2v) is 6.76. The first-order chi connectivity index (χ1) is 8.61. The van der Waals surface area contributed by atoms with Crippen LogP contribution in [0.3, 0.4) is 0 Å². The third-order valence-electron chi connectivity index (χ3n) is 2.99. The Labute approximate surface area is 120 Å². The van der Waals surface area contributed by atoms with Gasteiger partial charge < -0.3 is 10.3 Å². The first kappa shape index (κ1) is 13.7. The molecule has 1 unspecified atom stereocenters. The zero-order valence-corrected chi connectivity index (χ0v) is 12.9. The molecule has 0 amide bonds. The number of thiophene rings is 1. The van der Waals surface area contributed by atoms with Gasteiger partial charge in [-0.15, -0.1) is 11.3 Å². The summed E-state index contributed by atoms with van der Waals surface area (Å²) in [7, 11) is 4.09. The van der Waals surface area contributed by atoms with Crippen LogP contribution >= 0.6 is 27.3 Å². The summed E-state index contributed by atoms with van der Waals surface area (Å²) in [5.41, 5.74) is 5.90. The van der Waals surface area contributed by atoms with Crippen molar-refractivity contribution in [1.82, 2.24) is 14.5 Å². The lowest BCUT2D eigenvalue weighted by Crippen LogP contribution is -2.30. The Kier molecular flexibility index (Phi) is 4.55. The first-order valence-electron chi connectivity index (χ1n) is 5.73. The van der Waals surface area contributed by atoms with E-state index in [1.165, 1.54) is 4.88 Å². The lowest BCUT2D eigenvalue weighted by atomic mass is 10.2. The number of likely N-dealkylation sites (N-methyl/N-ethyl adjacent to an activating group) is 1. The molecule has 0 aliphatic carbocycles. The van der Waals surface area contributed by atoms with E-state index in [1.807, 2.05) is 24.0 Å². The largest absolute Gasteiger partial charge is 0.337 e. The molecule has 0 saturated carbocycles. The smallest absolute Gasteiger partial charge is 0.122 e. The van der Waals surface area contributed by atoms with Crippen LogP contribution in [0.15, 0.2) is 28.3 Å². The molecular weight excluding hydrogens is 312 g/mol. The maximum atomic E-state index is 5.90. The topological polar surface area (TPSA) is 47.1 Å². The summed E-state index contributed by atoms with van der Waals surface area (Å²) in [6.45, 7) is 1.40. The molecule has 98 valence electrons. The molecule has 0 fully saturated rings. The van der Waals surface area contributed by atoms with Crippen LogP contribution in [0.5, 0.6) is 0 Å². The van der Waals surface area contributed by atoms with Crippen LogP contribution in [0.1, 0.15) is 16.7 Å². The van der Waals surface area contributed by atoms with Gasteiger partial charge in [-0.2, -0.15) is 0 Å². The summed E-state index contributed by atoms with van der Waals surface area (Å²) in [5, 5.41) is 0. The summed E-state index contributed by atoms with van der Waals surface area (Å²) in [6, 6.07) is 4.43. The second kappa shape index (κ2) is 5.97. The van der Waals surface area contributed by atoms with Crippen LogP contribution in [0.25, 0.3) is 0 Å². The number of aromatic nitrogens is 2. The van der Waals surface area contributed by atoms with Gasteiger partial charge in [-0.1, -0.05) is 0 Å². The number of halogens is 1. The Bertz CT molecular complexity index is 508. The molecule has 18 heavy (non-hydrogen) atoms. The minimum absolute atomic E-state index is 0.234. The molecule has 0 aliphatic heterocycles. The van der Waals surface area contributed by atoms with Crippen LogP contribution in [0.4, 0.5) is 0 Å². The lowest BCUT2D eigenvalue weighted by Gasteiger charge is -2.25. The summed E-state index contributed by atoms with van der Waals surface area (Å²) >= 11 is 5.23. The highest BCUT2D eigenvalue weighted by Gasteiger charge is 2.18. The zero-order chi connectivity index (χ0) is 13.1. The molecular formula is C12H17BrN4S. The molecule has 0 aromatic carbocycles. The average Bonchev–Trinajstić information content (AvgIpc) is 2.91. The molecule has 2 aromatic heterocycles. The quantitative estimate of drug-likeness (QED) is 0.916. The van der Waals surface area contributed by atoms with Gasteiger partial charge >= 0.3 is 0 Å². The van der Waals surface area contributed by atoms with Gasteiger partial charge in [0, 0.05) is 30.9 Å². The van der Waals surface area contributed by atoms with Crippen molar-refractivity contribution in [2.45, 2.75) is 12.6 Å². The highest BCUT2D eigenvalue weighted by Crippen LogP contribution is 2.30. The normalized spacial score (nSPS) is 13.2. The number of aryl methyl sites for hydroxylation is 1. The minimum Gasteiger partial charge on any atom is -0.337 e. The monoisotopic (exact) mass is 328 g/mol. The predicted molar refractivity (Wildman–Crippen MR) is 78.5 cm³/mol. The second-order valence-electron chi connectivity index (χ2n) is 4.26. The fourth-order valence-corrected chi connectivity index (χ4v) is 3.51. The van der Waals surface area contributed by atoms with Crippen molar-refractivity contribution in [3.8, 4) is 0 Å². The van der Waals surface area contributed by atoms with E-state index in [4.69, 9.17) is 5.73 Å². The minimum atomic E-state index is 0.234. The van der Waals surface area contributed by atoms with Crippen molar-refractivity contribution < 1.29 is 0 Å². The van der Waals surface area contributed by atoms with Crippen molar-refractivity contribution in [3.05, 3.63) is 39.0 Å². The molecule has 1 atom stereocenters. The van der Waals surface area contributed by atoms with Crippen molar-refractivity contribution in [1.29, 1.82) is 0 Å². The first-order valence-corrected chi connectivity index (χ1v) is 7.34. The third-order valence-corrected chi connectivity index (χ3v) is 4.71. The molecule has 0 saturated heterocycles. The van der Waals surface area contributed by atoms with E-state index in [0.717, 1.165) is 16.2 Å². The maximum Gasteiger partial charge on any atom is 0.122 e. The Morgan fingerprint density at radius 1 is 1.56 bits per heavy atom. The lowest BCUT2D eigenvalue weighted by molar-refractivity contribution is 0.237. The van der Waals surface area contributed by atoms with Gasteiger partial charge in [0.15, 0.2) is 0 Å². The Balaban J connectivity index is 2.11. The van der Waals surface area contributed by atoms with Gasteiger partial charge in [-0.3, -0.25) is 4.90 Å². The molecule has 0 radical (unpaired) electrons. The SMILES string of the molecule is CN(Cc1nccn1C)C(CN)c1ccc(Br)s1. The fraction of sp³-hybridized carbons (Fsp3) is 0.417. The van der Waals surface area contributed by atoms with Gasteiger partial charge in [-0.05, 0) is 35.1 Å². The number of nitrogens with zero attached hydrogens (tertiary/aromatic N) is 3. The third kappa shape index (κ3) is 3.00. The van der Waals surface area contributed by atoms with Gasteiger partial charge in [0.2, 0.25) is 0 Å². The van der Waals surface area contributed by atoms with E-state index in [9.17, 15) is 0 Å². The van der Waals surface area contributed by atoms with Crippen molar-refractivity contribution in [2.75, 3.05) is 13.6 Å². The molecule has 2 aromatic rings. The van der Waals surface area contributed by atoms with Crippen molar-refractivity contribution in [2.24, 2.45) is 12.8 Å². The Morgan fingerprint density at radius 3 is 2.83 bits per heavy atom. The van der Waals surface area contributed by atoms with E-state index in [0.29, 0.717) is 6.54 Å². The zero-order valence-electron chi connectivity index (χ0n) is 10.5. The maximum absolute atomic E-state index is 5.90. The van der Waals surface area contributed by atoms with Gasteiger partial charge in [0.1, 0.15) is 5.82 Å². The number of hydrogen-bond donors (Lipinski definition) is 1. The molecule has 0 spiro atoms. The summed E-state index contributed by atoms with van der Waals surface area (Å²) in [5.74, 6) is 1.05. The van der Waals surface area contributed by atoms with Crippen LogP contribution in [0.2, 0.25) is 0 Å². The standard InChI is InChI=1S/C12H17BrN4S/c1-16-6-5-15-12(16)8-17(2)9(7-14)10-3-4-11(13)18-10/h3-6,9H,7-8,14H2,1-2H3.